The SMILES string of the molecule is CCO/N=C(\C)C(=N)c1ccc(C)cc1. The minimum absolute atomic E-state index is 0.406. The summed E-state index contributed by atoms with van der Waals surface area (Å²) in [5.74, 6) is 0. The Hall–Kier alpha value is -1.64. The highest BCUT2D eigenvalue weighted by Gasteiger charge is 2.04. The summed E-state index contributed by atoms with van der Waals surface area (Å²) in [6, 6.07) is 7.81. The van der Waals surface area contributed by atoms with Crippen molar-refractivity contribution >= 4 is 11.4 Å². The van der Waals surface area contributed by atoms with E-state index in [-0.39, 0.29) is 0 Å². The summed E-state index contributed by atoms with van der Waals surface area (Å²) in [4.78, 5) is 4.91. The van der Waals surface area contributed by atoms with Crippen LogP contribution in [0.3, 0.4) is 0 Å². The summed E-state index contributed by atoms with van der Waals surface area (Å²) in [6.45, 7) is 6.19. The minimum Gasteiger partial charge on any atom is -0.396 e. The summed E-state index contributed by atoms with van der Waals surface area (Å²) in [5, 5.41) is 11.7. The van der Waals surface area contributed by atoms with Crippen LogP contribution in [0.1, 0.15) is 25.0 Å². The molecule has 80 valence electrons. The quantitative estimate of drug-likeness (QED) is 0.595. The number of hydrogen-bond donors (Lipinski definition) is 1. The molecule has 0 aliphatic carbocycles. The molecule has 3 heteroatoms. The van der Waals surface area contributed by atoms with Crippen LogP contribution in [0.25, 0.3) is 0 Å². The molecular formula is C12H16N2O. The molecule has 0 fully saturated rings. The van der Waals surface area contributed by atoms with Crippen LogP contribution in [0, 0.1) is 12.3 Å². The van der Waals surface area contributed by atoms with Crippen molar-refractivity contribution in [2.45, 2.75) is 20.8 Å². The fraction of sp³-hybridized carbons (Fsp3) is 0.333. The molecule has 1 N–H and O–H groups in total. The Morgan fingerprint density at radius 1 is 1.33 bits per heavy atom. The normalized spacial score (nSPS) is 11.3. The number of rotatable bonds is 4. The van der Waals surface area contributed by atoms with Gasteiger partial charge in [-0.3, -0.25) is 5.41 Å². The molecule has 0 radical (unpaired) electrons. The van der Waals surface area contributed by atoms with Crippen molar-refractivity contribution < 1.29 is 4.84 Å². The lowest BCUT2D eigenvalue weighted by molar-refractivity contribution is 0.159. The maximum Gasteiger partial charge on any atom is 0.114 e. The Morgan fingerprint density at radius 3 is 2.47 bits per heavy atom. The Balaban J connectivity index is 2.80. The molecule has 0 amide bonds. The van der Waals surface area contributed by atoms with Gasteiger partial charge >= 0.3 is 0 Å². The summed E-state index contributed by atoms with van der Waals surface area (Å²) >= 11 is 0. The van der Waals surface area contributed by atoms with Gasteiger partial charge in [-0.25, -0.2) is 0 Å². The molecule has 1 rings (SSSR count). The van der Waals surface area contributed by atoms with Crippen LogP contribution in [0.5, 0.6) is 0 Å². The van der Waals surface area contributed by atoms with Crippen molar-refractivity contribution in [3.63, 3.8) is 0 Å². The molecule has 0 heterocycles. The van der Waals surface area contributed by atoms with E-state index < -0.39 is 0 Å². The zero-order valence-electron chi connectivity index (χ0n) is 9.37. The molecule has 1 aromatic carbocycles. The molecule has 0 atom stereocenters. The van der Waals surface area contributed by atoms with Crippen molar-refractivity contribution in [1.82, 2.24) is 0 Å². The summed E-state index contributed by atoms with van der Waals surface area (Å²) in [7, 11) is 0. The Labute approximate surface area is 90.3 Å². The Morgan fingerprint density at radius 2 is 1.93 bits per heavy atom. The van der Waals surface area contributed by atoms with Crippen molar-refractivity contribution in [3.8, 4) is 0 Å². The van der Waals surface area contributed by atoms with Gasteiger partial charge in [0.05, 0.1) is 5.71 Å². The van der Waals surface area contributed by atoms with Crippen molar-refractivity contribution in [2.24, 2.45) is 5.16 Å². The van der Waals surface area contributed by atoms with Crippen LogP contribution in [-0.4, -0.2) is 18.0 Å². The third-order valence-electron chi connectivity index (χ3n) is 2.03. The van der Waals surface area contributed by atoms with E-state index in [0.717, 1.165) is 5.56 Å². The molecule has 0 saturated carbocycles. The van der Waals surface area contributed by atoms with E-state index in [1.807, 2.05) is 38.1 Å². The van der Waals surface area contributed by atoms with Gasteiger partial charge in [0.15, 0.2) is 0 Å². The van der Waals surface area contributed by atoms with E-state index in [2.05, 4.69) is 5.16 Å². The number of benzene rings is 1. The van der Waals surface area contributed by atoms with E-state index in [9.17, 15) is 0 Å². The van der Waals surface area contributed by atoms with Gasteiger partial charge in [-0.15, -0.1) is 0 Å². The van der Waals surface area contributed by atoms with E-state index in [4.69, 9.17) is 10.2 Å². The lowest BCUT2D eigenvalue weighted by Crippen LogP contribution is -2.11. The van der Waals surface area contributed by atoms with Crippen molar-refractivity contribution in [1.29, 1.82) is 5.41 Å². The topological polar surface area (TPSA) is 45.4 Å². The van der Waals surface area contributed by atoms with Crippen LogP contribution < -0.4 is 0 Å². The third-order valence-corrected chi connectivity index (χ3v) is 2.03. The molecule has 0 aliphatic rings. The molecule has 3 nitrogen and oxygen atoms in total. The lowest BCUT2D eigenvalue weighted by atomic mass is 10.1. The molecule has 0 spiro atoms. The second-order valence-corrected chi connectivity index (χ2v) is 3.34. The lowest BCUT2D eigenvalue weighted by Gasteiger charge is -2.03. The van der Waals surface area contributed by atoms with E-state index in [1.165, 1.54) is 5.56 Å². The maximum absolute atomic E-state index is 7.87. The van der Waals surface area contributed by atoms with Crippen molar-refractivity contribution in [2.75, 3.05) is 6.61 Å². The highest BCUT2D eigenvalue weighted by molar-refractivity contribution is 6.46. The van der Waals surface area contributed by atoms with Crippen LogP contribution in [0.4, 0.5) is 0 Å². The second kappa shape index (κ2) is 5.29. The second-order valence-electron chi connectivity index (χ2n) is 3.34. The zero-order chi connectivity index (χ0) is 11.3. The Bertz CT molecular complexity index is 366. The van der Waals surface area contributed by atoms with Gasteiger partial charge < -0.3 is 4.84 Å². The summed E-state index contributed by atoms with van der Waals surface area (Å²) in [5.41, 5.74) is 3.05. The van der Waals surface area contributed by atoms with Gasteiger partial charge in [-0.2, -0.15) is 0 Å². The maximum atomic E-state index is 7.87. The van der Waals surface area contributed by atoms with E-state index in [0.29, 0.717) is 18.0 Å². The fourth-order valence-electron chi connectivity index (χ4n) is 1.14. The largest absolute Gasteiger partial charge is 0.396 e. The first-order valence-electron chi connectivity index (χ1n) is 4.97. The first-order valence-corrected chi connectivity index (χ1v) is 4.97. The van der Waals surface area contributed by atoms with Crippen LogP contribution in [-0.2, 0) is 4.84 Å². The van der Waals surface area contributed by atoms with Gasteiger partial charge in [-0.05, 0) is 20.8 Å². The van der Waals surface area contributed by atoms with Gasteiger partial charge in [0.1, 0.15) is 12.3 Å². The molecule has 15 heavy (non-hydrogen) atoms. The van der Waals surface area contributed by atoms with Crippen LogP contribution in [0.2, 0.25) is 0 Å². The number of oxime groups is 1. The predicted octanol–water partition coefficient (Wildman–Crippen LogP) is 2.78. The Kier molecular flexibility index (Phi) is 4.03. The third kappa shape index (κ3) is 3.20. The minimum atomic E-state index is 0.406. The highest BCUT2D eigenvalue weighted by atomic mass is 16.6. The first-order chi connectivity index (χ1) is 7.15. The van der Waals surface area contributed by atoms with Crippen molar-refractivity contribution in [3.05, 3.63) is 35.4 Å². The number of aryl methyl sites for hydroxylation is 1. The molecule has 0 saturated heterocycles. The predicted molar refractivity (Wildman–Crippen MR) is 62.7 cm³/mol. The summed E-state index contributed by atoms with van der Waals surface area (Å²) < 4.78 is 0. The molecule has 1 aromatic rings. The van der Waals surface area contributed by atoms with Gasteiger partial charge in [0, 0.05) is 5.56 Å². The molecule has 0 aromatic heterocycles. The van der Waals surface area contributed by atoms with E-state index >= 15 is 0 Å². The molecule has 0 bridgehead atoms. The van der Waals surface area contributed by atoms with Crippen LogP contribution >= 0.6 is 0 Å². The number of nitrogens with zero attached hydrogens (tertiary/aromatic N) is 1. The highest BCUT2D eigenvalue weighted by Crippen LogP contribution is 2.05. The molecule has 0 aliphatic heterocycles. The van der Waals surface area contributed by atoms with Gasteiger partial charge in [0.25, 0.3) is 0 Å². The fourth-order valence-corrected chi connectivity index (χ4v) is 1.14. The monoisotopic (exact) mass is 204 g/mol. The van der Waals surface area contributed by atoms with Crippen LogP contribution in [0.15, 0.2) is 29.4 Å². The average molecular weight is 204 g/mol. The number of nitrogens with one attached hydrogen (secondary N) is 1. The zero-order valence-corrected chi connectivity index (χ0v) is 9.37. The van der Waals surface area contributed by atoms with E-state index in [1.54, 1.807) is 6.92 Å². The molecular weight excluding hydrogens is 188 g/mol. The average Bonchev–Trinajstić information content (AvgIpc) is 2.26. The first kappa shape index (κ1) is 11.4. The standard InChI is InChI=1S/C12H16N2O/c1-4-15-14-10(3)12(13)11-7-5-9(2)6-8-11/h5-8,13H,4H2,1-3H3/b13-12?,14-10+. The van der Waals surface area contributed by atoms with Gasteiger partial charge in [-0.1, -0.05) is 35.0 Å². The number of hydrogen-bond acceptors (Lipinski definition) is 3. The smallest absolute Gasteiger partial charge is 0.114 e. The molecule has 0 unspecified atom stereocenters. The summed E-state index contributed by atoms with van der Waals surface area (Å²) in [6.07, 6.45) is 0. The van der Waals surface area contributed by atoms with Gasteiger partial charge in [0.2, 0.25) is 0 Å².